The fourth-order valence-corrected chi connectivity index (χ4v) is 3.20. The van der Waals surface area contributed by atoms with Gasteiger partial charge in [-0.25, -0.2) is 0 Å². The molecule has 19 heavy (non-hydrogen) atoms. The Kier molecular flexibility index (Phi) is 6.62. The summed E-state index contributed by atoms with van der Waals surface area (Å²) in [4.78, 5) is 2.47. The van der Waals surface area contributed by atoms with Gasteiger partial charge in [0.15, 0.2) is 0 Å². The van der Waals surface area contributed by atoms with Crippen molar-refractivity contribution < 1.29 is 4.74 Å². The summed E-state index contributed by atoms with van der Waals surface area (Å²) >= 11 is 0. The van der Waals surface area contributed by atoms with Gasteiger partial charge in [-0.3, -0.25) is 0 Å². The molecule has 3 heteroatoms. The first-order valence-electron chi connectivity index (χ1n) is 8.29. The van der Waals surface area contributed by atoms with Crippen molar-refractivity contribution in [3.63, 3.8) is 0 Å². The fourth-order valence-electron chi connectivity index (χ4n) is 3.20. The molecule has 0 spiro atoms. The Morgan fingerprint density at radius 2 is 1.95 bits per heavy atom. The maximum Gasteiger partial charge on any atom is 0.0593 e. The lowest BCUT2D eigenvalue weighted by Crippen LogP contribution is -2.43. The van der Waals surface area contributed by atoms with E-state index in [0.29, 0.717) is 0 Å². The number of likely N-dealkylation sites (N-methyl/N-ethyl adjacent to an activating group) is 1. The van der Waals surface area contributed by atoms with Crippen LogP contribution >= 0.6 is 0 Å². The van der Waals surface area contributed by atoms with Gasteiger partial charge < -0.3 is 15.0 Å². The smallest absolute Gasteiger partial charge is 0.0593 e. The van der Waals surface area contributed by atoms with E-state index in [0.717, 1.165) is 44.2 Å². The summed E-state index contributed by atoms with van der Waals surface area (Å²) in [6.45, 7) is 7.55. The van der Waals surface area contributed by atoms with Crippen molar-refractivity contribution in [2.75, 3.05) is 39.9 Å². The summed E-state index contributed by atoms with van der Waals surface area (Å²) in [6.07, 6.45) is 8.36. The molecular formula is C16H32N2O. The molecule has 2 saturated carbocycles. The maximum absolute atomic E-state index is 5.73. The first-order chi connectivity index (χ1) is 9.29. The van der Waals surface area contributed by atoms with Gasteiger partial charge in [-0.05, 0) is 51.1 Å². The fraction of sp³-hybridized carbons (Fsp3) is 1.00. The summed E-state index contributed by atoms with van der Waals surface area (Å²) in [7, 11) is 2.25. The van der Waals surface area contributed by atoms with Gasteiger partial charge in [0.25, 0.3) is 0 Å². The molecule has 0 amide bonds. The van der Waals surface area contributed by atoms with Gasteiger partial charge in [0.2, 0.25) is 0 Å². The molecular weight excluding hydrogens is 236 g/mol. The minimum Gasteiger partial charge on any atom is -0.380 e. The minimum absolute atomic E-state index is 0.744. The molecule has 0 saturated heterocycles. The molecule has 0 bridgehead atoms. The highest BCUT2D eigenvalue weighted by Crippen LogP contribution is 2.28. The number of nitrogens with zero attached hydrogens (tertiary/aromatic N) is 1. The van der Waals surface area contributed by atoms with E-state index in [2.05, 4.69) is 24.2 Å². The summed E-state index contributed by atoms with van der Waals surface area (Å²) in [5.41, 5.74) is 0. The zero-order valence-electron chi connectivity index (χ0n) is 12.9. The Bertz CT molecular complexity index is 241. The molecule has 0 aliphatic heterocycles. The van der Waals surface area contributed by atoms with Crippen LogP contribution in [-0.2, 0) is 4.74 Å². The number of nitrogens with one attached hydrogen (secondary N) is 1. The molecule has 0 aromatic heterocycles. The van der Waals surface area contributed by atoms with Crippen LogP contribution in [0.15, 0.2) is 0 Å². The first kappa shape index (κ1) is 15.3. The second kappa shape index (κ2) is 8.23. The van der Waals surface area contributed by atoms with Gasteiger partial charge >= 0.3 is 0 Å². The number of rotatable bonds is 9. The van der Waals surface area contributed by atoms with E-state index < -0.39 is 0 Å². The highest BCUT2D eigenvalue weighted by Gasteiger charge is 2.25. The van der Waals surface area contributed by atoms with E-state index in [-0.39, 0.29) is 0 Å². The lowest BCUT2D eigenvalue weighted by Gasteiger charge is -2.34. The highest BCUT2D eigenvalue weighted by atomic mass is 16.5. The maximum atomic E-state index is 5.73. The van der Waals surface area contributed by atoms with Crippen LogP contribution in [0.2, 0.25) is 0 Å². The Labute approximate surface area is 119 Å². The zero-order chi connectivity index (χ0) is 13.5. The van der Waals surface area contributed by atoms with Crippen molar-refractivity contribution in [3.05, 3.63) is 0 Å². The monoisotopic (exact) mass is 268 g/mol. The Morgan fingerprint density at radius 3 is 2.68 bits per heavy atom. The largest absolute Gasteiger partial charge is 0.380 e. The number of ether oxygens (including phenoxy) is 1. The van der Waals surface area contributed by atoms with Crippen LogP contribution in [0.25, 0.3) is 0 Å². The van der Waals surface area contributed by atoms with E-state index in [1.54, 1.807) is 0 Å². The average molecular weight is 268 g/mol. The summed E-state index contributed by atoms with van der Waals surface area (Å²) < 4.78 is 5.73. The predicted octanol–water partition coefficient (Wildman–Crippen LogP) is 2.51. The van der Waals surface area contributed by atoms with Crippen molar-refractivity contribution in [1.29, 1.82) is 0 Å². The van der Waals surface area contributed by atoms with Crippen LogP contribution < -0.4 is 5.32 Å². The van der Waals surface area contributed by atoms with Gasteiger partial charge in [0, 0.05) is 25.7 Å². The molecule has 2 fully saturated rings. The molecule has 3 nitrogen and oxygen atoms in total. The molecule has 2 unspecified atom stereocenters. The van der Waals surface area contributed by atoms with Crippen LogP contribution in [0.3, 0.4) is 0 Å². The van der Waals surface area contributed by atoms with E-state index in [4.69, 9.17) is 4.74 Å². The van der Waals surface area contributed by atoms with Crippen molar-refractivity contribution in [3.8, 4) is 0 Å². The predicted molar refractivity (Wildman–Crippen MR) is 80.5 cm³/mol. The molecule has 2 aliphatic rings. The normalized spacial score (nSPS) is 27.9. The van der Waals surface area contributed by atoms with Crippen LogP contribution in [0, 0.1) is 11.8 Å². The molecule has 1 N–H and O–H groups in total. The Morgan fingerprint density at radius 1 is 1.16 bits per heavy atom. The van der Waals surface area contributed by atoms with Crippen LogP contribution in [-0.4, -0.2) is 50.8 Å². The van der Waals surface area contributed by atoms with E-state index in [1.807, 2.05) is 0 Å². The van der Waals surface area contributed by atoms with Crippen LogP contribution in [0.4, 0.5) is 0 Å². The van der Waals surface area contributed by atoms with Crippen molar-refractivity contribution >= 4 is 0 Å². The third-order valence-corrected chi connectivity index (χ3v) is 4.59. The quantitative estimate of drug-likeness (QED) is 0.650. The van der Waals surface area contributed by atoms with Gasteiger partial charge in [-0.1, -0.05) is 19.8 Å². The highest BCUT2D eigenvalue weighted by molar-refractivity contribution is 4.82. The van der Waals surface area contributed by atoms with Crippen molar-refractivity contribution in [1.82, 2.24) is 10.2 Å². The van der Waals surface area contributed by atoms with Crippen LogP contribution in [0.1, 0.15) is 45.4 Å². The van der Waals surface area contributed by atoms with Gasteiger partial charge in [0.1, 0.15) is 0 Å². The lowest BCUT2D eigenvalue weighted by atomic mass is 9.84. The van der Waals surface area contributed by atoms with Gasteiger partial charge in [0.05, 0.1) is 6.61 Å². The third kappa shape index (κ3) is 5.80. The molecule has 2 rings (SSSR count). The van der Waals surface area contributed by atoms with E-state index in [1.165, 1.54) is 45.1 Å². The second-order valence-corrected chi connectivity index (χ2v) is 6.49. The molecule has 0 aromatic carbocycles. The standard InChI is InChI=1S/C16H32N2O/c1-3-17-16-7-5-4-6-15(16)12-18(2)10-11-19-13-14-8-9-14/h14-17H,3-13H2,1-2H3. The van der Waals surface area contributed by atoms with Gasteiger partial charge in [-0.15, -0.1) is 0 Å². The summed E-state index contributed by atoms with van der Waals surface area (Å²) in [5.74, 6) is 1.73. The number of hydrogen-bond acceptors (Lipinski definition) is 3. The molecule has 0 heterocycles. The Balaban J connectivity index is 1.59. The summed E-state index contributed by atoms with van der Waals surface area (Å²) in [5, 5.41) is 3.67. The zero-order valence-corrected chi connectivity index (χ0v) is 12.9. The molecule has 2 aliphatic carbocycles. The van der Waals surface area contributed by atoms with Crippen LogP contribution in [0.5, 0.6) is 0 Å². The minimum atomic E-state index is 0.744. The molecule has 112 valence electrons. The average Bonchev–Trinajstić information content (AvgIpc) is 3.21. The number of hydrogen-bond donors (Lipinski definition) is 1. The van der Waals surface area contributed by atoms with Crippen molar-refractivity contribution in [2.24, 2.45) is 11.8 Å². The van der Waals surface area contributed by atoms with E-state index in [9.17, 15) is 0 Å². The first-order valence-corrected chi connectivity index (χ1v) is 8.29. The topological polar surface area (TPSA) is 24.5 Å². The molecule has 2 atom stereocenters. The lowest BCUT2D eigenvalue weighted by molar-refractivity contribution is 0.0931. The second-order valence-electron chi connectivity index (χ2n) is 6.49. The Hall–Kier alpha value is -0.120. The van der Waals surface area contributed by atoms with Crippen molar-refractivity contribution in [2.45, 2.75) is 51.5 Å². The van der Waals surface area contributed by atoms with E-state index >= 15 is 0 Å². The molecule has 0 radical (unpaired) electrons. The SMILES string of the molecule is CCNC1CCCCC1CN(C)CCOCC1CC1. The van der Waals surface area contributed by atoms with Gasteiger partial charge in [-0.2, -0.15) is 0 Å². The third-order valence-electron chi connectivity index (χ3n) is 4.59. The summed E-state index contributed by atoms with van der Waals surface area (Å²) in [6, 6.07) is 0.744. The molecule has 0 aromatic rings.